The van der Waals surface area contributed by atoms with Gasteiger partial charge in [-0.15, -0.1) is 0 Å². The van der Waals surface area contributed by atoms with Crippen LogP contribution in [0.1, 0.15) is 43.7 Å². The number of hydrogen-bond donors (Lipinski definition) is 1. The Bertz CT molecular complexity index is 633. The molecule has 1 fully saturated rings. The van der Waals surface area contributed by atoms with Gasteiger partial charge in [-0.25, -0.2) is 4.79 Å². The summed E-state index contributed by atoms with van der Waals surface area (Å²) in [6, 6.07) is 10.7. The van der Waals surface area contributed by atoms with E-state index in [1.165, 1.54) is 7.11 Å². The minimum Gasteiger partial charge on any atom is -0.468 e. The Kier molecular flexibility index (Phi) is 6.54. The Morgan fingerprint density at radius 2 is 1.92 bits per heavy atom. The Balaban J connectivity index is 2.05. The maximum atomic E-state index is 12.6. The number of nitrogens with zero attached hydrogens (tertiary/aromatic N) is 2. The summed E-state index contributed by atoms with van der Waals surface area (Å²) in [6.07, 6.45) is 4.40. The van der Waals surface area contributed by atoms with Gasteiger partial charge in [0.2, 0.25) is 5.91 Å². The van der Waals surface area contributed by atoms with Gasteiger partial charge in [0.05, 0.1) is 19.7 Å². The van der Waals surface area contributed by atoms with Gasteiger partial charge in [0.25, 0.3) is 0 Å². The molecule has 1 N–H and O–H groups in total. The van der Waals surface area contributed by atoms with Crippen LogP contribution in [0.3, 0.4) is 0 Å². The van der Waals surface area contributed by atoms with Gasteiger partial charge in [-0.3, -0.25) is 10.1 Å². The number of nitrogens with one attached hydrogen (secondary N) is 1. The predicted octanol–water partition coefficient (Wildman–Crippen LogP) is 2.18. The van der Waals surface area contributed by atoms with E-state index in [1.54, 1.807) is 24.1 Å². The first-order valence-corrected chi connectivity index (χ1v) is 8.58. The number of ether oxygens (including phenoxy) is 1. The van der Waals surface area contributed by atoms with Crippen molar-refractivity contribution in [3.63, 3.8) is 0 Å². The lowest BCUT2D eigenvalue weighted by Gasteiger charge is -2.39. The largest absolute Gasteiger partial charge is 0.468 e. The molecule has 1 aliphatic carbocycles. The van der Waals surface area contributed by atoms with E-state index in [1.807, 2.05) is 18.2 Å². The molecular formula is C19H25N3O3. The second-order valence-electron chi connectivity index (χ2n) is 6.40. The molecular weight excluding hydrogens is 318 g/mol. The number of amides is 1. The van der Waals surface area contributed by atoms with Crippen LogP contribution < -0.4 is 5.32 Å². The molecule has 0 radical (unpaired) electrons. The average molecular weight is 343 g/mol. The molecule has 25 heavy (non-hydrogen) atoms. The number of rotatable bonds is 6. The molecule has 1 saturated carbocycles. The molecule has 1 atom stereocenters. The van der Waals surface area contributed by atoms with E-state index in [4.69, 9.17) is 4.74 Å². The van der Waals surface area contributed by atoms with E-state index in [9.17, 15) is 14.9 Å². The highest BCUT2D eigenvalue weighted by Crippen LogP contribution is 2.32. The number of carbonyl (C=O) groups is 2. The summed E-state index contributed by atoms with van der Waals surface area (Å²) in [5, 5.41) is 12.6. The van der Waals surface area contributed by atoms with Crippen LogP contribution in [0.15, 0.2) is 30.3 Å². The number of methoxy groups -OCH3 is 1. The van der Waals surface area contributed by atoms with Crippen LogP contribution in [-0.2, 0) is 14.3 Å². The average Bonchev–Trinajstić information content (AvgIpc) is 2.68. The molecule has 134 valence electrons. The number of benzene rings is 1. The van der Waals surface area contributed by atoms with Gasteiger partial charge in [-0.05, 0) is 18.4 Å². The summed E-state index contributed by atoms with van der Waals surface area (Å²) in [4.78, 5) is 26.2. The van der Waals surface area contributed by atoms with Gasteiger partial charge in [0.1, 0.15) is 11.6 Å². The Morgan fingerprint density at radius 1 is 1.28 bits per heavy atom. The number of esters is 1. The molecule has 6 nitrogen and oxygen atoms in total. The summed E-state index contributed by atoms with van der Waals surface area (Å²) >= 11 is 0. The highest BCUT2D eigenvalue weighted by Gasteiger charge is 2.38. The zero-order chi connectivity index (χ0) is 18.3. The third kappa shape index (κ3) is 4.37. The normalized spacial score (nSPS) is 17.2. The van der Waals surface area contributed by atoms with Crippen molar-refractivity contribution in [1.82, 2.24) is 10.2 Å². The minimum absolute atomic E-state index is 0.0331. The van der Waals surface area contributed by atoms with Crippen LogP contribution >= 0.6 is 0 Å². The Labute approximate surface area is 148 Å². The van der Waals surface area contributed by atoms with E-state index in [0.717, 1.165) is 24.8 Å². The summed E-state index contributed by atoms with van der Waals surface area (Å²) in [5.41, 5.74) is 0.00214. The molecule has 1 aliphatic rings. The molecule has 0 spiro atoms. The van der Waals surface area contributed by atoms with Crippen molar-refractivity contribution in [3.05, 3.63) is 35.9 Å². The number of likely N-dealkylation sites (N-methyl/N-ethyl adjacent to an activating group) is 1. The van der Waals surface area contributed by atoms with Crippen LogP contribution in [0.5, 0.6) is 0 Å². The molecule has 1 amide bonds. The van der Waals surface area contributed by atoms with Crippen molar-refractivity contribution in [1.29, 1.82) is 5.26 Å². The first-order valence-electron chi connectivity index (χ1n) is 8.58. The fraction of sp³-hybridized carbons (Fsp3) is 0.526. The van der Waals surface area contributed by atoms with E-state index >= 15 is 0 Å². The summed E-state index contributed by atoms with van der Waals surface area (Å²) < 4.78 is 4.84. The highest BCUT2D eigenvalue weighted by atomic mass is 16.5. The lowest BCUT2D eigenvalue weighted by atomic mass is 9.81. The number of hydrogen-bond acceptors (Lipinski definition) is 5. The van der Waals surface area contributed by atoms with E-state index in [0.29, 0.717) is 12.8 Å². The molecule has 6 heteroatoms. The van der Waals surface area contributed by atoms with Gasteiger partial charge < -0.3 is 9.64 Å². The second kappa shape index (κ2) is 8.63. The van der Waals surface area contributed by atoms with Crippen LogP contribution in [0.25, 0.3) is 0 Å². The molecule has 1 aromatic rings. The Hall–Kier alpha value is -2.39. The molecule has 0 aromatic heterocycles. The maximum absolute atomic E-state index is 12.6. The zero-order valence-electron chi connectivity index (χ0n) is 14.8. The third-order valence-corrected chi connectivity index (χ3v) is 4.93. The lowest BCUT2D eigenvalue weighted by molar-refractivity contribution is -0.143. The van der Waals surface area contributed by atoms with Gasteiger partial charge in [-0.2, -0.15) is 5.26 Å². The van der Waals surface area contributed by atoms with Crippen molar-refractivity contribution in [2.24, 2.45) is 0 Å². The van der Waals surface area contributed by atoms with Crippen molar-refractivity contribution in [2.75, 3.05) is 20.7 Å². The first kappa shape index (κ1) is 18.9. The summed E-state index contributed by atoms with van der Waals surface area (Å²) in [6.45, 7) is -0.0331. The van der Waals surface area contributed by atoms with Gasteiger partial charge in [0.15, 0.2) is 0 Å². The van der Waals surface area contributed by atoms with Gasteiger partial charge in [-0.1, -0.05) is 49.6 Å². The molecule has 0 aliphatic heterocycles. The number of nitriles is 1. The Morgan fingerprint density at radius 3 is 2.48 bits per heavy atom. The zero-order valence-corrected chi connectivity index (χ0v) is 14.8. The van der Waals surface area contributed by atoms with E-state index < -0.39 is 17.6 Å². The van der Waals surface area contributed by atoms with Crippen molar-refractivity contribution in [3.8, 4) is 6.07 Å². The summed E-state index contributed by atoms with van der Waals surface area (Å²) in [7, 11) is 2.99. The smallest absolute Gasteiger partial charge is 0.327 e. The molecule has 1 aromatic carbocycles. The molecule has 0 bridgehead atoms. The first-order chi connectivity index (χ1) is 12.0. The van der Waals surface area contributed by atoms with E-state index in [2.05, 4.69) is 11.4 Å². The standard InChI is InChI=1S/C19H25N3O3/c1-22(19(14-20)11-7-4-8-12-19)16(23)13-21-17(18(24)25-2)15-9-5-3-6-10-15/h3,5-6,9-10,17,21H,4,7-8,11-13H2,1-2H3/t17-/m0/s1. The highest BCUT2D eigenvalue weighted by molar-refractivity contribution is 5.82. The van der Waals surface area contributed by atoms with Gasteiger partial charge >= 0.3 is 5.97 Å². The SMILES string of the molecule is COC(=O)[C@@H](NCC(=O)N(C)C1(C#N)CCCCC1)c1ccccc1. The quantitative estimate of drug-likeness (QED) is 0.801. The van der Waals surface area contributed by atoms with Crippen LogP contribution in [0.2, 0.25) is 0 Å². The van der Waals surface area contributed by atoms with Crippen LogP contribution in [-0.4, -0.2) is 43.0 Å². The topological polar surface area (TPSA) is 82.4 Å². The molecule has 0 heterocycles. The fourth-order valence-corrected chi connectivity index (χ4v) is 3.31. The maximum Gasteiger partial charge on any atom is 0.327 e. The molecule has 2 rings (SSSR count). The van der Waals surface area contributed by atoms with Crippen molar-refractivity contribution in [2.45, 2.75) is 43.7 Å². The summed E-state index contributed by atoms with van der Waals surface area (Å²) in [5.74, 6) is -0.650. The van der Waals surface area contributed by atoms with Crippen molar-refractivity contribution < 1.29 is 14.3 Å². The monoisotopic (exact) mass is 343 g/mol. The number of carbonyl (C=O) groups excluding carboxylic acids is 2. The fourth-order valence-electron chi connectivity index (χ4n) is 3.31. The second-order valence-corrected chi connectivity index (χ2v) is 6.40. The van der Waals surface area contributed by atoms with E-state index in [-0.39, 0.29) is 12.5 Å². The van der Waals surface area contributed by atoms with Crippen molar-refractivity contribution >= 4 is 11.9 Å². The lowest BCUT2D eigenvalue weighted by Crippen LogP contribution is -2.52. The van der Waals surface area contributed by atoms with Crippen LogP contribution in [0, 0.1) is 11.3 Å². The third-order valence-electron chi connectivity index (χ3n) is 4.93. The predicted molar refractivity (Wildman–Crippen MR) is 93.4 cm³/mol. The van der Waals surface area contributed by atoms with Crippen LogP contribution in [0.4, 0.5) is 0 Å². The molecule has 0 saturated heterocycles. The minimum atomic E-state index is -0.732. The molecule has 0 unspecified atom stereocenters. The van der Waals surface area contributed by atoms with Gasteiger partial charge in [0, 0.05) is 7.05 Å².